The number of phenolic OH excluding ortho intramolecular Hbond substituents is 1. The van der Waals surface area contributed by atoms with Crippen LogP contribution < -0.4 is 10.5 Å². The molecule has 0 spiro atoms. The first kappa shape index (κ1) is 19.1. The lowest BCUT2D eigenvalue weighted by Gasteiger charge is -2.09. The number of pyridine rings is 1. The van der Waals surface area contributed by atoms with Crippen LogP contribution in [0.1, 0.15) is 26.4 Å². The highest BCUT2D eigenvalue weighted by atomic mass is 16.5. The normalized spacial score (nSPS) is 10.8. The summed E-state index contributed by atoms with van der Waals surface area (Å²) in [5.74, 6) is -0.999. The Morgan fingerprint density at radius 2 is 1.77 bits per heavy atom. The molecule has 0 unspecified atom stereocenters. The monoisotopic (exact) mass is 402 g/mol. The molecular weight excluding hydrogens is 384 g/mol. The average Bonchev–Trinajstić information content (AvgIpc) is 3.08. The predicted molar refractivity (Wildman–Crippen MR) is 112 cm³/mol. The molecule has 7 nitrogen and oxygen atoms in total. The molecule has 2 heterocycles. The van der Waals surface area contributed by atoms with Crippen LogP contribution in [0.25, 0.3) is 16.6 Å². The summed E-state index contributed by atoms with van der Waals surface area (Å²) in [5, 5.41) is 19.0. The van der Waals surface area contributed by atoms with Gasteiger partial charge in [0.05, 0.1) is 23.8 Å². The summed E-state index contributed by atoms with van der Waals surface area (Å²) >= 11 is 0. The van der Waals surface area contributed by atoms with Crippen molar-refractivity contribution in [1.29, 1.82) is 0 Å². The Morgan fingerprint density at radius 3 is 2.43 bits per heavy atom. The van der Waals surface area contributed by atoms with Gasteiger partial charge in [0.15, 0.2) is 5.75 Å². The smallest absolute Gasteiger partial charge is 0.337 e. The molecule has 0 fully saturated rings. The molecule has 4 rings (SSSR count). The minimum atomic E-state index is -1.21. The molecule has 2 aromatic heterocycles. The van der Waals surface area contributed by atoms with E-state index in [2.05, 4.69) is 0 Å². The van der Waals surface area contributed by atoms with Gasteiger partial charge >= 0.3 is 5.97 Å². The number of hydrogen-bond acceptors (Lipinski definition) is 5. The summed E-state index contributed by atoms with van der Waals surface area (Å²) in [4.78, 5) is 25.1. The number of benzene rings is 2. The second-order valence-corrected chi connectivity index (χ2v) is 6.70. The van der Waals surface area contributed by atoms with Crippen molar-refractivity contribution in [2.24, 2.45) is 0 Å². The number of nitrogen functional groups attached to an aromatic ring is 1. The molecule has 0 saturated heterocycles. The molecule has 0 radical (unpaired) electrons. The van der Waals surface area contributed by atoms with Gasteiger partial charge in [-0.1, -0.05) is 18.2 Å². The first-order valence-corrected chi connectivity index (χ1v) is 9.06. The van der Waals surface area contributed by atoms with E-state index in [1.165, 1.54) is 37.4 Å². The molecule has 0 aliphatic heterocycles. The van der Waals surface area contributed by atoms with Gasteiger partial charge in [-0.3, -0.25) is 4.79 Å². The number of anilines is 1. The van der Waals surface area contributed by atoms with Crippen molar-refractivity contribution in [3.8, 4) is 22.6 Å². The van der Waals surface area contributed by atoms with Crippen molar-refractivity contribution in [1.82, 2.24) is 4.40 Å². The van der Waals surface area contributed by atoms with E-state index in [1.54, 1.807) is 28.8 Å². The Labute approximate surface area is 171 Å². The second kappa shape index (κ2) is 7.29. The number of ether oxygens (including phenoxy) is 1. The first-order chi connectivity index (χ1) is 14.4. The van der Waals surface area contributed by atoms with Crippen LogP contribution in [0.2, 0.25) is 0 Å². The molecule has 7 heteroatoms. The molecule has 0 saturated carbocycles. The maximum Gasteiger partial charge on any atom is 0.337 e. The number of aromatic carboxylic acids is 1. The Balaban J connectivity index is 2.02. The molecule has 0 atom stereocenters. The molecule has 0 aliphatic carbocycles. The number of rotatable bonds is 5. The fourth-order valence-electron chi connectivity index (χ4n) is 3.52. The van der Waals surface area contributed by atoms with Crippen LogP contribution in [0.5, 0.6) is 11.5 Å². The van der Waals surface area contributed by atoms with E-state index in [9.17, 15) is 19.8 Å². The van der Waals surface area contributed by atoms with Crippen LogP contribution in [0.15, 0.2) is 66.9 Å². The van der Waals surface area contributed by atoms with Crippen LogP contribution in [0.3, 0.4) is 0 Å². The van der Waals surface area contributed by atoms with Gasteiger partial charge < -0.3 is 25.1 Å². The van der Waals surface area contributed by atoms with Gasteiger partial charge in [0.1, 0.15) is 11.4 Å². The maximum absolute atomic E-state index is 13.6. The Kier molecular flexibility index (Phi) is 4.63. The predicted octanol–water partition coefficient (Wildman–Crippen LogP) is 3.83. The largest absolute Gasteiger partial charge is 0.508 e. The maximum atomic E-state index is 13.6. The van der Waals surface area contributed by atoms with Gasteiger partial charge in [-0.2, -0.15) is 0 Å². The van der Waals surface area contributed by atoms with Crippen LogP contribution in [0, 0.1) is 0 Å². The van der Waals surface area contributed by atoms with E-state index in [1.807, 2.05) is 12.1 Å². The number of carboxylic acids is 1. The Morgan fingerprint density at radius 1 is 1.03 bits per heavy atom. The minimum Gasteiger partial charge on any atom is -0.508 e. The number of carboxylic acid groups (broad SMARTS) is 1. The number of phenols is 1. The van der Waals surface area contributed by atoms with Crippen molar-refractivity contribution >= 4 is 23.0 Å². The standard InChI is InChI=1S/C23H18N2O5/c1-30-22-18-4-2-3-11-25(18)20(19(22)13-5-8-15(26)9-6-13)21(27)14-7-10-17(24)16(12-14)23(28)29/h2-12,26H,24H2,1H3,(H,28,29). The summed E-state index contributed by atoms with van der Waals surface area (Å²) in [6, 6.07) is 16.1. The lowest BCUT2D eigenvalue weighted by Crippen LogP contribution is -2.10. The van der Waals surface area contributed by atoms with Gasteiger partial charge in [-0.05, 0) is 48.0 Å². The Bertz CT molecular complexity index is 1290. The summed E-state index contributed by atoms with van der Waals surface area (Å²) in [6.07, 6.45) is 1.74. The van der Waals surface area contributed by atoms with E-state index in [4.69, 9.17) is 10.5 Å². The third-order valence-corrected chi connectivity index (χ3v) is 4.92. The number of carbonyl (C=O) groups excluding carboxylic acids is 1. The van der Waals surface area contributed by atoms with Crippen LogP contribution in [0.4, 0.5) is 5.69 Å². The number of aromatic hydroxyl groups is 1. The van der Waals surface area contributed by atoms with Crippen LogP contribution in [-0.4, -0.2) is 33.5 Å². The molecule has 0 amide bonds. The van der Waals surface area contributed by atoms with Gasteiger partial charge in [-0.15, -0.1) is 0 Å². The number of nitrogens with zero attached hydrogens (tertiary/aromatic N) is 1. The van der Waals surface area contributed by atoms with Gasteiger partial charge in [-0.25, -0.2) is 4.79 Å². The zero-order chi connectivity index (χ0) is 21.4. The molecular formula is C23H18N2O5. The molecule has 0 bridgehead atoms. The van der Waals surface area contributed by atoms with E-state index >= 15 is 0 Å². The number of carbonyl (C=O) groups is 2. The van der Waals surface area contributed by atoms with E-state index < -0.39 is 5.97 Å². The highest BCUT2D eigenvalue weighted by Crippen LogP contribution is 2.40. The Hall–Kier alpha value is -4.26. The number of aromatic nitrogens is 1. The summed E-state index contributed by atoms with van der Waals surface area (Å²) in [6.45, 7) is 0. The zero-order valence-electron chi connectivity index (χ0n) is 16.0. The number of fused-ring (bicyclic) bond motifs is 1. The number of methoxy groups -OCH3 is 1. The summed E-state index contributed by atoms with van der Waals surface area (Å²) in [5.41, 5.74) is 8.08. The lowest BCUT2D eigenvalue weighted by atomic mass is 9.98. The first-order valence-electron chi connectivity index (χ1n) is 9.06. The average molecular weight is 402 g/mol. The number of ketones is 1. The van der Waals surface area contributed by atoms with Gasteiger partial charge in [0.25, 0.3) is 0 Å². The molecule has 2 aromatic carbocycles. The molecule has 4 aromatic rings. The number of nitrogens with two attached hydrogens (primary N) is 1. The molecule has 0 aliphatic rings. The van der Waals surface area contributed by atoms with Crippen LogP contribution >= 0.6 is 0 Å². The fourth-order valence-corrected chi connectivity index (χ4v) is 3.52. The SMILES string of the molecule is COc1c(-c2ccc(O)cc2)c(C(=O)c2ccc(N)c(C(=O)O)c2)n2ccccc12. The highest BCUT2D eigenvalue weighted by molar-refractivity contribution is 6.15. The van der Waals surface area contributed by atoms with Crippen molar-refractivity contribution in [2.75, 3.05) is 12.8 Å². The van der Waals surface area contributed by atoms with Crippen molar-refractivity contribution in [3.63, 3.8) is 0 Å². The van der Waals surface area contributed by atoms with E-state index in [-0.39, 0.29) is 28.3 Å². The second-order valence-electron chi connectivity index (χ2n) is 6.70. The van der Waals surface area contributed by atoms with Gasteiger partial charge in [0, 0.05) is 17.4 Å². The number of hydrogen-bond donors (Lipinski definition) is 3. The van der Waals surface area contributed by atoms with Gasteiger partial charge in [0.2, 0.25) is 5.78 Å². The lowest BCUT2D eigenvalue weighted by molar-refractivity contribution is 0.0698. The minimum absolute atomic E-state index is 0.0791. The molecule has 30 heavy (non-hydrogen) atoms. The van der Waals surface area contributed by atoms with Crippen molar-refractivity contribution in [2.45, 2.75) is 0 Å². The third kappa shape index (κ3) is 3.02. The van der Waals surface area contributed by atoms with Crippen molar-refractivity contribution < 1.29 is 24.5 Å². The third-order valence-electron chi connectivity index (χ3n) is 4.92. The topological polar surface area (TPSA) is 114 Å². The molecule has 150 valence electrons. The molecule has 4 N–H and O–H groups in total. The highest BCUT2D eigenvalue weighted by Gasteiger charge is 2.26. The summed E-state index contributed by atoms with van der Waals surface area (Å²) in [7, 11) is 1.52. The van der Waals surface area contributed by atoms with Crippen LogP contribution in [-0.2, 0) is 0 Å². The van der Waals surface area contributed by atoms with Crippen molar-refractivity contribution in [3.05, 3.63) is 83.7 Å². The quantitative estimate of drug-likeness (QED) is 0.345. The summed E-state index contributed by atoms with van der Waals surface area (Å²) < 4.78 is 7.35. The zero-order valence-corrected chi connectivity index (χ0v) is 16.0. The fraction of sp³-hybridized carbons (Fsp3) is 0.0435. The van der Waals surface area contributed by atoms with E-state index in [0.717, 1.165) is 0 Å². The van der Waals surface area contributed by atoms with E-state index in [0.29, 0.717) is 28.1 Å².